The van der Waals surface area contributed by atoms with Gasteiger partial charge in [0.05, 0.1) is 13.2 Å². The molecule has 3 nitrogen and oxygen atoms in total. The van der Waals surface area contributed by atoms with E-state index in [0.29, 0.717) is 11.8 Å². The minimum absolute atomic E-state index is 0.0254. The van der Waals surface area contributed by atoms with Gasteiger partial charge in [0.1, 0.15) is 5.75 Å². The first-order valence-corrected chi connectivity index (χ1v) is 6.28. The molecule has 0 saturated heterocycles. The van der Waals surface area contributed by atoms with Crippen LogP contribution in [0.3, 0.4) is 0 Å². The Hall–Kier alpha value is -1.03. The normalized spacial score (nSPS) is 11.9. The summed E-state index contributed by atoms with van der Waals surface area (Å²) in [4.78, 5) is 11.4. The summed E-state index contributed by atoms with van der Waals surface area (Å²) < 4.78 is 5.08. The summed E-state index contributed by atoms with van der Waals surface area (Å²) in [5, 5.41) is 3.61. The second-order valence-electron chi connectivity index (χ2n) is 3.50. The first-order valence-electron chi connectivity index (χ1n) is 5.16. The van der Waals surface area contributed by atoms with Gasteiger partial charge in [-0.15, -0.1) is 0 Å². The van der Waals surface area contributed by atoms with Crippen LogP contribution in [0.5, 0.6) is 5.75 Å². The molecular formula is C12H16BrNO2. The number of halogens is 1. The monoisotopic (exact) mass is 285 g/mol. The smallest absolute Gasteiger partial charge is 0.221 e. The molecule has 1 amide bonds. The molecule has 0 aromatic heterocycles. The summed E-state index contributed by atoms with van der Waals surface area (Å²) in [6.07, 6.45) is 0.500. The topological polar surface area (TPSA) is 38.3 Å². The van der Waals surface area contributed by atoms with E-state index >= 15 is 0 Å². The number of methoxy groups -OCH3 is 1. The Bertz CT molecular complexity index is 337. The molecule has 0 fully saturated rings. The molecule has 0 unspecified atom stereocenters. The van der Waals surface area contributed by atoms with E-state index in [-0.39, 0.29) is 11.9 Å². The number of ether oxygens (including phenoxy) is 1. The van der Waals surface area contributed by atoms with Crippen LogP contribution in [0.4, 0.5) is 0 Å². The SMILES string of the molecule is COc1ccc([C@H](C)NC(=O)CCBr)cc1. The third-order valence-corrected chi connectivity index (χ3v) is 2.71. The second-order valence-corrected chi connectivity index (χ2v) is 4.29. The standard InChI is InChI=1S/C12H16BrNO2/c1-9(14-12(15)7-8-13)10-3-5-11(16-2)6-4-10/h3-6,9H,7-8H2,1-2H3,(H,14,15)/t9-/m0/s1. The third-order valence-electron chi connectivity index (χ3n) is 2.31. The van der Waals surface area contributed by atoms with Crippen molar-refractivity contribution in [2.75, 3.05) is 12.4 Å². The van der Waals surface area contributed by atoms with Crippen molar-refractivity contribution in [3.05, 3.63) is 29.8 Å². The van der Waals surface area contributed by atoms with Crippen molar-refractivity contribution < 1.29 is 9.53 Å². The molecule has 0 saturated carbocycles. The lowest BCUT2D eigenvalue weighted by Crippen LogP contribution is -2.26. The van der Waals surface area contributed by atoms with Crippen molar-refractivity contribution in [2.45, 2.75) is 19.4 Å². The van der Waals surface area contributed by atoms with Crippen LogP contribution in [0, 0.1) is 0 Å². The highest BCUT2D eigenvalue weighted by Gasteiger charge is 2.08. The molecule has 0 radical (unpaired) electrons. The molecule has 1 aromatic rings. The summed E-state index contributed by atoms with van der Waals surface area (Å²) in [6.45, 7) is 1.97. The molecule has 0 aliphatic carbocycles. The quantitative estimate of drug-likeness (QED) is 0.845. The van der Waals surface area contributed by atoms with Gasteiger partial charge in [-0.1, -0.05) is 28.1 Å². The number of carbonyl (C=O) groups excluding carboxylic acids is 1. The van der Waals surface area contributed by atoms with E-state index in [4.69, 9.17) is 4.74 Å². The van der Waals surface area contributed by atoms with Gasteiger partial charge in [0, 0.05) is 11.8 Å². The molecule has 0 aliphatic rings. The van der Waals surface area contributed by atoms with Crippen LogP contribution in [0.25, 0.3) is 0 Å². The van der Waals surface area contributed by atoms with Crippen LogP contribution >= 0.6 is 15.9 Å². The third kappa shape index (κ3) is 3.85. The molecule has 88 valence electrons. The molecule has 1 atom stereocenters. The highest BCUT2D eigenvalue weighted by Crippen LogP contribution is 2.17. The molecule has 0 spiro atoms. The Kier molecular flexibility index (Phi) is 5.32. The van der Waals surface area contributed by atoms with E-state index in [2.05, 4.69) is 21.2 Å². The Morgan fingerprint density at radius 1 is 1.44 bits per heavy atom. The minimum Gasteiger partial charge on any atom is -0.497 e. The molecular weight excluding hydrogens is 270 g/mol. The first-order chi connectivity index (χ1) is 7.67. The number of rotatable bonds is 5. The van der Waals surface area contributed by atoms with E-state index in [1.807, 2.05) is 31.2 Å². The summed E-state index contributed by atoms with van der Waals surface area (Å²) in [6, 6.07) is 7.72. The zero-order chi connectivity index (χ0) is 12.0. The van der Waals surface area contributed by atoms with Gasteiger partial charge in [-0.3, -0.25) is 4.79 Å². The van der Waals surface area contributed by atoms with E-state index in [1.165, 1.54) is 0 Å². The van der Waals surface area contributed by atoms with Gasteiger partial charge in [-0.05, 0) is 24.6 Å². The van der Waals surface area contributed by atoms with Gasteiger partial charge in [0.2, 0.25) is 5.91 Å². The van der Waals surface area contributed by atoms with E-state index in [0.717, 1.165) is 11.3 Å². The van der Waals surface area contributed by atoms with Crippen LogP contribution in [-0.4, -0.2) is 18.3 Å². The largest absolute Gasteiger partial charge is 0.497 e. The van der Waals surface area contributed by atoms with Crippen LogP contribution in [-0.2, 0) is 4.79 Å². The summed E-state index contributed by atoms with van der Waals surface area (Å²) in [5.41, 5.74) is 1.07. The van der Waals surface area contributed by atoms with Gasteiger partial charge in [0.25, 0.3) is 0 Å². The fourth-order valence-corrected chi connectivity index (χ4v) is 1.74. The average Bonchev–Trinajstić information content (AvgIpc) is 2.29. The highest BCUT2D eigenvalue weighted by atomic mass is 79.9. The number of hydrogen-bond acceptors (Lipinski definition) is 2. The number of amides is 1. The molecule has 1 aromatic carbocycles. The van der Waals surface area contributed by atoms with Crippen molar-refractivity contribution >= 4 is 21.8 Å². The Morgan fingerprint density at radius 3 is 2.56 bits per heavy atom. The minimum atomic E-state index is 0.0254. The van der Waals surface area contributed by atoms with Crippen LogP contribution < -0.4 is 10.1 Å². The summed E-state index contributed by atoms with van der Waals surface area (Å²) in [7, 11) is 1.64. The van der Waals surface area contributed by atoms with Crippen LogP contribution in [0.2, 0.25) is 0 Å². The van der Waals surface area contributed by atoms with Gasteiger partial charge in [-0.2, -0.15) is 0 Å². The summed E-state index contributed by atoms with van der Waals surface area (Å²) in [5.74, 6) is 0.878. The zero-order valence-corrected chi connectivity index (χ0v) is 11.1. The maximum atomic E-state index is 11.4. The predicted octanol–water partition coefficient (Wildman–Crippen LogP) is 2.66. The Balaban J connectivity index is 2.58. The predicted molar refractivity (Wildman–Crippen MR) is 68.0 cm³/mol. The van der Waals surface area contributed by atoms with Crippen molar-refractivity contribution in [1.82, 2.24) is 5.32 Å². The molecule has 1 rings (SSSR count). The second kappa shape index (κ2) is 6.53. The highest BCUT2D eigenvalue weighted by molar-refractivity contribution is 9.09. The summed E-state index contributed by atoms with van der Waals surface area (Å²) >= 11 is 3.24. The van der Waals surface area contributed by atoms with Crippen LogP contribution in [0.1, 0.15) is 24.9 Å². The lowest BCUT2D eigenvalue weighted by atomic mass is 10.1. The zero-order valence-electron chi connectivity index (χ0n) is 9.50. The fraction of sp³-hybridized carbons (Fsp3) is 0.417. The molecule has 0 aliphatic heterocycles. The molecule has 16 heavy (non-hydrogen) atoms. The van der Waals surface area contributed by atoms with Gasteiger partial charge < -0.3 is 10.1 Å². The van der Waals surface area contributed by atoms with Crippen molar-refractivity contribution in [3.63, 3.8) is 0 Å². The van der Waals surface area contributed by atoms with Gasteiger partial charge in [0.15, 0.2) is 0 Å². The van der Waals surface area contributed by atoms with Crippen molar-refractivity contribution in [1.29, 1.82) is 0 Å². The lowest BCUT2D eigenvalue weighted by molar-refractivity contribution is -0.121. The van der Waals surface area contributed by atoms with E-state index in [1.54, 1.807) is 7.11 Å². The van der Waals surface area contributed by atoms with Gasteiger partial charge in [-0.25, -0.2) is 0 Å². The molecule has 1 N–H and O–H groups in total. The van der Waals surface area contributed by atoms with E-state index < -0.39 is 0 Å². The molecule has 0 bridgehead atoms. The number of carbonyl (C=O) groups is 1. The fourth-order valence-electron chi connectivity index (χ4n) is 1.38. The van der Waals surface area contributed by atoms with Crippen LogP contribution in [0.15, 0.2) is 24.3 Å². The number of nitrogens with one attached hydrogen (secondary N) is 1. The first kappa shape index (κ1) is 13.0. The Labute approximate surface area is 104 Å². The molecule has 4 heteroatoms. The number of hydrogen-bond donors (Lipinski definition) is 1. The van der Waals surface area contributed by atoms with Gasteiger partial charge >= 0.3 is 0 Å². The number of alkyl halides is 1. The number of benzene rings is 1. The van der Waals surface area contributed by atoms with E-state index in [9.17, 15) is 4.79 Å². The van der Waals surface area contributed by atoms with Crippen molar-refractivity contribution in [2.24, 2.45) is 0 Å². The Morgan fingerprint density at radius 2 is 2.06 bits per heavy atom. The lowest BCUT2D eigenvalue weighted by Gasteiger charge is -2.14. The maximum absolute atomic E-state index is 11.4. The average molecular weight is 286 g/mol. The van der Waals surface area contributed by atoms with Crippen molar-refractivity contribution in [3.8, 4) is 5.75 Å². The molecule has 0 heterocycles. The maximum Gasteiger partial charge on any atom is 0.221 e.